The monoisotopic (exact) mass is 256 g/mol. The average Bonchev–Trinajstić information content (AvgIpc) is 2.47. The Morgan fingerprint density at radius 1 is 1.32 bits per heavy atom. The molecular formula is C14H12N2O3. The van der Waals surface area contributed by atoms with Gasteiger partial charge in [0.05, 0.1) is 18.9 Å². The van der Waals surface area contributed by atoms with Gasteiger partial charge >= 0.3 is 0 Å². The predicted molar refractivity (Wildman–Crippen MR) is 70.6 cm³/mol. The summed E-state index contributed by atoms with van der Waals surface area (Å²) in [6.07, 6.45) is 3.69. The number of carbonyl (C=O) groups excluding carboxylic acids is 2. The lowest BCUT2D eigenvalue weighted by Gasteiger charge is -2.06. The number of hydrogen-bond donors (Lipinski definition) is 1. The number of aldehydes is 1. The van der Waals surface area contributed by atoms with Crippen molar-refractivity contribution in [2.75, 3.05) is 12.4 Å². The van der Waals surface area contributed by atoms with Crippen LogP contribution in [0.25, 0.3) is 0 Å². The van der Waals surface area contributed by atoms with E-state index in [1.165, 1.54) is 19.5 Å². The molecule has 0 aliphatic heterocycles. The molecule has 2 aromatic rings. The summed E-state index contributed by atoms with van der Waals surface area (Å²) in [7, 11) is 1.51. The molecular weight excluding hydrogens is 244 g/mol. The molecule has 1 heterocycles. The Kier molecular flexibility index (Phi) is 3.87. The number of aromatic nitrogens is 1. The van der Waals surface area contributed by atoms with E-state index in [4.69, 9.17) is 4.74 Å². The van der Waals surface area contributed by atoms with Crippen LogP contribution in [0.2, 0.25) is 0 Å². The zero-order valence-electron chi connectivity index (χ0n) is 10.3. The number of nitrogens with zero attached hydrogens (tertiary/aromatic N) is 1. The van der Waals surface area contributed by atoms with E-state index in [0.29, 0.717) is 22.6 Å². The Morgan fingerprint density at radius 3 is 2.89 bits per heavy atom. The molecule has 0 aliphatic carbocycles. The quantitative estimate of drug-likeness (QED) is 0.851. The van der Waals surface area contributed by atoms with E-state index in [2.05, 4.69) is 10.3 Å². The fourth-order valence-electron chi connectivity index (χ4n) is 1.55. The van der Waals surface area contributed by atoms with Crippen molar-refractivity contribution in [1.29, 1.82) is 0 Å². The first-order valence-corrected chi connectivity index (χ1v) is 5.58. The highest BCUT2D eigenvalue weighted by Gasteiger charge is 2.08. The molecule has 0 fully saturated rings. The number of anilines is 1. The van der Waals surface area contributed by atoms with Crippen molar-refractivity contribution in [3.8, 4) is 5.75 Å². The van der Waals surface area contributed by atoms with E-state index in [1.54, 1.807) is 30.3 Å². The van der Waals surface area contributed by atoms with Gasteiger partial charge in [-0.3, -0.25) is 14.6 Å². The lowest BCUT2D eigenvalue weighted by Crippen LogP contribution is -2.12. The van der Waals surface area contributed by atoms with Gasteiger partial charge in [0, 0.05) is 17.4 Å². The molecule has 5 heteroatoms. The molecule has 0 saturated heterocycles. The molecule has 0 aliphatic rings. The van der Waals surface area contributed by atoms with Crippen LogP contribution < -0.4 is 10.1 Å². The molecule has 0 bridgehead atoms. The van der Waals surface area contributed by atoms with Crippen LogP contribution >= 0.6 is 0 Å². The third-order valence-electron chi connectivity index (χ3n) is 2.49. The van der Waals surface area contributed by atoms with Gasteiger partial charge in [0.15, 0.2) is 0 Å². The van der Waals surface area contributed by atoms with E-state index in [1.807, 2.05) is 0 Å². The first-order chi connectivity index (χ1) is 9.22. The Hall–Kier alpha value is -2.69. The van der Waals surface area contributed by atoms with Gasteiger partial charge in [-0.2, -0.15) is 0 Å². The van der Waals surface area contributed by atoms with Gasteiger partial charge in [-0.15, -0.1) is 0 Å². The van der Waals surface area contributed by atoms with E-state index in [0.717, 1.165) is 6.29 Å². The topological polar surface area (TPSA) is 68.3 Å². The van der Waals surface area contributed by atoms with E-state index >= 15 is 0 Å². The number of amides is 1. The van der Waals surface area contributed by atoms with Gasteiger partial charge in [0.2, 0.25) is 0 Å². The molecule has 1 N–H and O–H groups in total. The normalized spacial score (nSPS) is 9.74. The van der Waals surface area contributed by atoms with Crippen molar-refractivity contribution < 1.29 is 14.3 Å². The molecule has 2 rings (SSSR count). The Labute approximate surface area is 110 Å². The zero-order chi connectivity index (χ0) is 13.7. The maximum atomic E-state index is 12.0. The number of methoxy groups -OCH3 is 1. The van der Waals surface area contributed by atoms with Gasteiger partial charge in [-0.25, -0.2) is 0 Å². The van der Waals surface area contributed by atoms with Crippen molar-refractivity contribution in [3.05, 3.63) is 53.9 Å². The number of carbonyl (C=O) groups is 2. The number of ether oxygens (including phenoxy) is 1. The molecule has 5 nitrogen and oxygen atoms in total. The predicted octanol–water partition coefficient (Wildman–Crippen LogP) is 2.16. The molecule has 19 heavy (non-hydrogen) atoms. The van der Waals surface area contributed by atoms with Crippen LogP contribution in [0.5, 0.6) is 5.75 Å². The van der Waals surface area contributed by atoms with Crippen LogP contribution in [0.15, 0.2) is 42.7 Å². The molecule has 0 spiro atoms. The summed E-state index contributed by atoms with van der Waals surface area (Å²) in [5, 5.41) is 2.69. The van der Waals surface area contributed by atoms with Gasteiger partial charge < -0.3 is 10.1 Å². The van der Waals surface area contributed by atoms with Gasteiger partial charge in [0.25, 0.3) is 5.91 Å². The minimum Gasteiger partial charge on any atom is -0.495 e. The number of hydrogen-bond acceptors (Lipinski definition) is 4. The molecule has 1 amide bonds. The Balaban J connectivity index is 2.17. The summed E-state index contributed by atoms with van der Waals surface area (Å²) in [4.78, 5) is 26.6. The summed E-state index contributed by atoms with van der Waals surface area (Å²) in [6, 6.07) is 8.25. The largest absolute Gasteiger partial charge is 0.495 e. The number of rotatable bonds is 4. The zero-order valence-corrected chi connectivity index (χ0v) is 10.3. The van der Waals surface area contributed by atoms with Crippen LogP contribution in [0, 0.1) is 0 Å². The Morgan fingerprint density at radius 2 is 2.16 bits per heavy atom. The molecule has 1 aromatic heterocycles. The first kappa shape index (κ1) is 12.8. The number of pyridine rings is 1. The highest BCUT2D eigenvalue weighted by atomic mass is 16.5. The SMILES string of the molecule is COc1cncc(C(=O)Nc2cccc(C=O)c2)c1. The smallest absolute Gasteiger partial charge is 0.257 e. The van der Waals surface area contributed by atoms with Gasteiger partial charge in [-0.1, -0.05) is 12.1 Å². The van der Waals surface area contributed by atoms with E-state index in [-0.39, 0.29) is 5.91 Å². The average molecular weight is 256 g/mol. The highest BCUT2D eigenvalue weighted by molar-refractivity contribution is 6.04. The third kappa shape index (κ3) is 3.16. The lowest BCUT2D eigenvalue weighted by atomic mass is 10.2. The summed E-state index contributed by atoms with van der Waals surface area (Å²) < 4.78 is 5.00. The second kappa shape index (κ2) is 5.77. The van der Waals surface area contributed by atoms with Gasteiger partial charge in [-0.05, 0) is 18.2 Å². The van der Waals surface area contributed by atoms with Crippen LogP contribution in [-0.2, 0) is 0 Å². The molecule has 0 radical (unpaired) electrons. The lowest BCUT2D eigenvalue weighted by molar-refractivity contribution is 0.102. The second-order valence-corrected chi connectivity index (χ2v) is 3.81. The summed E-state index contributed by atoms with van der Waals surface area (Å²) >= 11 is 0. The van der Waals surface area contributed by atoms with Crippen molar-refractivity contribution >= 4 is 17.9 Å². The summed E-state index contributed by atoms with van der Waals surface area (Å²) in [6.45, 7) is 0. The molecule has 0 atom stereocenters. The van der Waals surface area contributed by atoms with Crippen LogP contribution in [0.4, 0.5) is 5.69 Å². The van der Waals surface area contributed by atoms with Crippen molar-refractivity contribution in [2.45, 2.75) is 0 Å². The minimum atomic E-state index is -0.311. The second-order valence-electron chi connectivity index (χ2n) is 3.81. The fourth-order valence-corrected chi connectivity index (χ4v) is 1.55. The van der Waals surface area contributed by atoms with Crippen LogP contribution in [0.3, 0.4) is 0 Å². The maximum absolute atomic E-state index is 12.0. The van der Waals surface area contributed by atoms with Crippen molar-refractivity contribution in [1.82, 2.24) is 4.98 Å². The van der Waals surface area contributed by atoms with E-state index < -0.39 is 0 Å². The van der Waals surface area contributed by atoms with Crippen LogP contribution in [-0.4, -0.2) is 24.3 Å². The van der Waals surface area contributed by atoms with Gasteiger partial charge in [0.1, 0.15) is 12.0 Å². The highest BCUT2D eigenvalue weighted by Crippen LogP contribution is 2.14. The summed E-state index contributed by atoms with van der Waals surface area (Å²) in [5.74, 6) is 0.198. The fraction of sp³-hybridized carbons (Fsp3) is 0.0714. The summed E-state index contributed by atoms with van der Waals surface area (Å²) in [5.41, 5.74) is 1.44. The standard InChI is InChI=1S/C14H12N2O3/c1-19-13-6-11(7-15-8-13)14(18)16-12-4-2-3-10(5-12)9-17/h2-9H,1H3,(H,16,18). The molecule has 96 valence electrons. The maximum Gasteiger partial charge on any atom is 0.257 e. The number of benzene rings is 1. The molecule has 0 unspecified atom stereocenters. The minimum absolute atomic E-state index is 0.311. The van der Waals surface area contributed by atoms with Crippen molar-refractivity contribution in [3.63, 3.8) is 0 Å². The molecule has 0 saturated carbocycles. The Bertz CT molecular complexity index is 611. The first-order valence-electron chi connectivity index (χ1n) is 5.58. The van der Waals surface area contributed by atoms with E-state index in [9.17, 15) is 9.59 Å². The third-order valence-corrected chi connectivity index (χ3v) is 2.49. The number of nitrogens with one attached hydrogen (secondary N) is 1. The molecule has 1 aromatic carbocycles. The van der Waals surface area contributed by atoms with Crippen molar-refractivity contribution in [2.24, 2.45) is 0 Å². The van der Waals surface area contributed by atoms with Crippen LogP contribution in [0.1, 0.15) is 20.7 Å².